The average Bonchev–Trinajstić information content (AvgIpc) is 3.10. The molecule has 8 heteroatoms. The fraction of sp³-hybridized carbons (Fsp3) is 0. The maximum Gasteiger partial charge on any atom is 0.433 e. The second-order valence-corrected chi connectivity index (χ2v) is 3.88. The van der Waals surface area contributed by atoms with Gasteiger partial charge in [-0.2, -0.15) is 4.98 Å². The molecule has 7 nitrogen and oxygen atoms in total. The van der Waals surface area contributed by atoms with Crippen molar-refractivity contribution in [3.8, 4) is 22.7 Å². The summed E-state index contributed by atoms with van der Waals surface area (Å²) in [6, 6.07) is 6.58. The number of nitro groups is 1. The number of rotatable bonds is 3. The maximum atomic E-state index is 13.6. The van der Waals surface area contributed by atoms with E-state index in [1.807, 2.05) is 0 Å². The highest BCUT2D eigenvalue weighted by Gasteiger charge is 2.15. The number of hydrogen-bond donors (Lipinski definition) is 0. The number of furan rings is 1. The van der Waals surface area contributed by atoms with Gasteiger partial charge in [0, 0.05) is 11.1 Å². The predicted molar refractivity (Wildman–Crippen MR) is 64.0 cm³/mol. The van der Waals surface area contributed by atoms with E-state index in [-0.39, 0.29) is 11.6 Å². The molecule has 0 atom stereocenters. The van der Waals surface area contributed by atoms with Crippen LogP contribution in [-0.4, -0.2) is 15.1 Å². The zero-order chi connectivity index (χ0) is 14.1. The molecule has 2 aromatic heterocycles. The minimum absolute atomic E-state index is 0.181. The summed E-state index contributed by atoms with van der Waals surface area (Å²) in [5.41, 5.74) is 0.728. The summed E-state index contributed by atoms with van der Waals surface area (Å²) >= 11 is 0. The van der Waals surface area contributed by atoms with E-state index in [0.717, 1.165) is 6.39 Å². The third-order valence-electron chi connectivity index (χ3n) is 2.57. The molecule has 0 aliphatic rings. The lowest BCUT2D eigenvalue weighted by Crippen LogP contribution is -1.86. The fourth-order valence-electron chi connectivity index (χ4n) is 1.74. The first kappa shape index (κ1) is 12.0. The van der Waals surface area contributed by atoms with Crippen molar-refractivity contribution < 1.29 is 18.3 Å². The van der Waals surface area contributed by atoms with Gasteiger partial charge in [0.05, 0.1) is 6.07 Å². The molecule has 2 heterocycles. The normalized spacial score (nSPS) is 10.7. The first-order valence-corrected chi connectivity index (χ1v) is 5.45. The number of nitrogens with zero attached hydrogens (tertiary/aromatic N) is 3. The van der Waals surface area contributed by atoms with Crippen molar-refractivity contribution in [2.75, 3.05) is 0 Å². The quantitative estimate of drug-likeness (QED) is 0.538. The van der Waals surface area contributed by atoms with Crippen molar-refractivity contribution >= 4 is 5.88 Å². The number of hydrogen-bond acceptors (Lipinski definition) is 6. The zero-order valence-electron chi connectivity index (χ0n) is 9.82. The number of aromatic nitrogens is 2. The number of halogens is 1. The van der Waals surface area contributed by atoms with Crippen molar-refractivity contribution in [3.05, 3.63) is 52.7 Å². The fourth-order valence-corrected chi connectivity index (χ4v) is 1.74. The Morgan fingerprint density at radius 2 is 2.00 bits per heavy atom. The van der Waals surface area contributed by atoms with Gasteiger partial charge < -0.3 is 8.94 Å². The SMILES string of the molecule is O=[N+]([O-])c1ccc(-c2cc(F)cc(-c3ncon3)c2)o1. The van der Waals surface area contributed by atoms with Crippen molar-refractivity contribution in [2.45, 2.75) is 0 Å². The second-order valence-electron chi connectivity index (χ2n) is 3.88. The molecule has 0 N–H and O–H groups in total. The lowest BCUT2D eigenvalue weighted by molar-refractivity contribution is -0.401. The molecular formula is C12H6FN3O4. The largest absolute Gasteiger partial charge is 0.433 e. The van der Waals surface area contributed by atoms with E-state index in [2.05, 4.69) is 14.7 Å². The van der Waals surface area contributed by atoms with Crippen LogP contribution in [0.5, 0.6) is 0 Å². The molecule has 1 aromatic carbocycles. The van der Waals surface area contributed by atoms with Gasteiger partial charge in [0.2, 0.25) is 12.2 Å². The van der Waals surface area contributed by atoms with Gasteiger partial charge in [-0.3, -0.25) is 10.1 Å². The Hall–Kier alpha value is -3.03. The molecule has 0 radical (unpaired) electrons. The van der Waals surface area contributed by atoms with E-state index >= 15 is 0 Å². The lowest BCUT2D eigenvalue weighted by Gasteiger charge is -2.00. The summed E-state index contributed by atoms with van der Waals surface area (Å²) in [5, 5.41) is 14.2. The van der Waals surface area contributed by atoms with Crippen LogP contribution in [0.1, 0.15) is 0 Å². The Labute approximate surface area is 110 Å². The molecule has 0 spiro atoms. The van der Waals surface area contributed by atoms with Gasteiger partial charge in [-0.25, -0.2) is 4.39 Å². The van der Waals surface area contributed by atoms with E-state index < -0.39 is 16.6 Å². The molecule has 0 amide bonds. The van der Waals surface area contributed by atoms with E-state index in [1.165, 1.54) is 24.3 Å². The highest BCUT2D eigenvalue weighted by Crippen LogP contribution is 2.29. The minimum atomic E-state index is -0.664. The summed E-state index contributed by atoms with van der Waals surface area (Å²) in [7, 11) is 0. The summed E-state index contributed by atoms with van der Waals surface area (Å²) < 4.78 is 23.2. The molecule has 0 bridgehead atoms. The van der Waals surface area contributed by atoms with Crippen molar-refractivity contribution in [1.82, 2.24) is 10.1 Å². The van der Waals surface area contributed by atoms with Gasteiger partial charge in [0.15, 0.2) is 0 Å². The van der Waals surface area contributed by atoms with E-state index in [1.54, 1.807) is 6.07 Å². The Bertz CT molecular complexity index is 767. The molecule has 3 rings (SSSR count). The Morgan fingerprint density at radius 1 is 1.20 bits per heavy atom. The molecule has 0 saturated carbocycles. The monoisotopic (exact) mass is 275 g/mol. The Morgan fingerprint density at radius 3 is 2.65 bits per heavy atom. The van der Waals surface area contributed by atoms with E-state index in [0.29, 0.717) is 11.1 Å². The van der Waals surface area contributed by atoms with Crippen LogP contribution in [0.15, 0.2) is 45.7 Å². The summed E-state index contributed by atoms with van der Waals surface area (Å²) in [4.78, 5) is 13.7. The van der Waals surface area contributed by atoms with Crippen LogP contribution in [0.25, 0.3) is 22.7 Å². The first-order chi connectivity index (χ1) is 9.63. The first-order valence-electron chi connectivity index (χ1n) is 5.45. The van der Waals surface area contributed by atoms with Crippen LogP contribution in [0, 0.1) is 15.9 Å². The molecule has 0 saturated heterocycles. The molecule has 0 fully saturated rings. The molecule has 0 aliphatic carbocycles. The number of benzene rings is 1. The minimum Gasteiger partial charge on any atom is -0.401 e. The van der Waals surface area contributed by atoms with E-state index in [9.17, 15) is 14.5 Å². The van der Waals surface area contributed by atoms with Gasteiger partial charge in [-0.1, -0.05) is 5.16 Å². The molecule has 0 aliphatic heterocycles. The zero-order valence-corrected chi connectivity index (χ0v) is 9.82. The van der Waals surface area contributed by atoms with Crippen LogP contribution in [0.3, 0.4) is 0 Å². The van der Waals surface area contributed by atoms with Gasteiger partial charge in [-0.15, -0.1) is 0 Å². The third kappa shape index (κ3) is 2.14. The maximum absolute atomic E-state index is 13.6. The van der Waals surface area contributed by atoms with Gasteiger partial charge in [-0.05, 0) is 24.3 Å². The summed E-state index contributed by atoms with van der Waals surface area (Å²) in [5.74, 6) is -0.556. The van der Waals surface area contributed by atoms with E-state index in [4.69, 9.17) is 4.42 Å². The summed E-state index contributed by atoms with van der Waals surface area (Å²) in [6.07, 6.45) is 1.12. The Balaban J connectivity index is 2.07. The molecule has 20 heavy (non-hydrogen) atoms. The standard InChI is InChI=1S/C12H6FN3O4/c13-9-4-7(10-1-2-11(20-10)16(17)18)3-8(5-9)12-14-6-19-15-12/h1-6H. The third-order valence-corrected chi connectivity index (χ3v) is 2.57. The Kier molecular flexibility index (Phi) is 2.75. The summed E-state index contributed by atoms with van der Waals surface area (Å²) in [6.45, 7) is 0. The van der Waals surface area contributed by atoms with Crippen LogP contribution in [0.4, 0.5) is 10.3 Å². The van der Waals surface area contributed by atoms with Gasteiger partial charge in [0.1, 0.15) is 16.5 Å². The van der Waals surface area contributed by atoms with Crippen LogP contribution >= 0.6 is 0 Å². The van der Waals surface area contributed by atoms with Crippen LogP contribution < -0.4 is 0 Å². The lowest BCUT2D eigenvalue weighted by atomic mass is 10.1. The predicted octanol–water partition coefficient (Wildman–Crippen LogP) is 3.04. The van der Waals surface area contributed by atoms with Crippen LogP contribution in [0.2, 0.25) is 0 Å². The molecule has 100 valence electrons. The smallest absolute Gasteiger partial charge is 0.401 e. The topological polar surface area (TPSA) is 95.2 Å². The molecule has 3 aromatic rings. The van der Waals surface area contributed by atoms with Crippen LogP contribution in [-0.2, 0) is 0 Å². The van der Waals surface area contributed by atoms with Crippen molar-refractivity contribution in [1.29, 1.82) is 0 Å². The van der Waals surface area contributed by atoms with Gasteiger partial charge in [0.25, 0.3) is 0 Å². The highest BCUT2D eigenvalue weighted by molar-refractivity contribution is 5.67. The van der Waals surface area contributed by atoms with Crippen molar-refractivity contribution in [3.63, 3.8) is 0 Å². The molecule has 0 unspecified atom stereocenters. The molecular weight excluding hydrogens is 269 g/mol. The van der Waals surface area contributed by atoms with Gasteiger partial charge >= 0.3 is 5.88 Å². The average molecular weight is 275 g/mol. The second kappa shape index (κ2) is 4.57. The van der Waals surface area contributed by atoms with Crippen molar-refractivity contribution in [2.24, 2.45) is 0 Å². The highest BCUT2D eigenvalue weighted by atomic mass is 19.1.